The number of rotatable bonds is 8. The van der Waals surface area contributed by atoms with Gasteiger partial charge in [-0.1, -0.05) is 50.6 Å². The number of nitrogens with one attached hydrogen (secondary N) is 1. The lowest BCUT2D eigenvalue weighted by Gasteiger charge is -2.35. The molecule has 0 heterocycles. The van der Waals surface area contributed by atoms with Crippen molar-refractivity contribution >= 4 is 0 Å². The zero-order valence-corrected chi connectivity index (χ0v) is 13.3. The van der Waals surface area contributed by atoms with Crippen molar-refractivity contribution < 1.29 is 0 Å². The average Bonchev–Trinajstić information content (AvgIpc) is 2.43. The van der Waals surface area contributed by atoms with Crippen LogP contribution in [0.5, 0.6) is 0 Å². The van der Waals surface area contributed by atoms with Gasteiger partial charge in [0.15, 0.2) is 0 Å². The second kappa shape index (κ2) is 7.80. The molecule has 0 spiro atoms. The van der Waals surface area contributed by atoms with Crippen molar-refractivity contribution in [2.75, 3.05) is 26.7 Å². The minimum Gasteiger partial charge on any atom is -0.313 e. The van der Waals surface area contributed by atoms with E-state index in [4.69, 9.17) is 0 Å². The van der Waals surface area contributed by atoms with Gasteiger partial charge in [0.25, 0.3) is 0 Å². The molecule has 1 aliphatic rings. The molecular formula is C18H30N2. The molecule has 0 radical (unpaired) electrons. The van der Waals surface area contributed by atoms with E-state index in [-0.39, 0.29) is 0 Å². The van der Waals surface area contributed by atoms with E-state index in [0.29, 0.717) is 12.0 Å². The van der Waals surface area contributed by atoms with E-state index in [0.717, 1.165) is 5.92 Å². The molecule has 1 aromatic rings. The highest BCUT2D eigenvalue weighted by Gasteiger charge is 2.23. The molecule has 1 aromatic carbocycles. The van der Waals surface area contributed by atoms with Gasteiger partial charge >= 0.3 is 0 Å². The summed E-state index contributed by atoms with van der Waals surface area (Å²) in [6, 6.07) is 11.3. The summed E-state index contributed by atoms with van der Waals surface area (Å²) in [5.74, 6) is 1.59. The van der Waals surface area contributed by atoms with Gasteiger partial charge in [0.1, 0.15) is 0 Å². The summed E-state index contributed by atoms with van der Waals surface area (Å²) in [5.41, 5.74) is 1.40. The highest BCUT2D eigenvalue weighted by Crippen LogP contribution is 2.28. The van der Waals surface area contributed by atoms with Crippen molar-refractivity contribution in [3.63, 3.8) is 0 Å². The molecule has 2 nitrogen and oxygen atoms in total. The molecule has 0 saturated heterocycles. The minimum absolute atomic E-state index is 0.451. The Morgan fingerprint density at radius 1 is 1.25 bits per heavy atom. The first-order valence-electron chi connectivity index (χ1n) is 8.19. The molecular weight excluding hydrogens is 244 g/mol. The normalized spacial score (nSPS) is 18.8. The monoisotopic (exact) mass is 274 g/mol. The number of hydrogen-bond donors (Lipinski definition) is 1. The van der Waals surface area contributed by atoms with Crippen LogP contribution >= 0.6 is 0 Å². The Kier molecular flexibility index (Phi) is 6.06. The van der Waals surface area contributed by atoms with Crippen LogP contribution in [0.2, 0.25) is 0 Å². The lowest BCUT2D eigenvalue weighted by Crippen LogP contribution is -2.38. The molecule has 1 N–H and O–H groups in total. The van der Waals surface area contributed by atoms with Crippen molar-refractivity contribution in [3.8, 4) is 0 Å². The van der Waals surface area contributed by atoms with Crippen LogP contribution in [0.15, 0.2) is 30.3 Å². The molecule has 20 heavy (non-hydrogen) atoms. The van der Waals surface area contributed by atoms with Crippen LogP contribution in [0.25, 0.3) is 0 Å². The summed E-state index contributed by atoms with van der Waals surface area (Å²) in [4.78, 5) is 2.64. The van der Waals surface area contributed by atoms with Crippen molar-refractivity contribution in [3.05, 3.63) is 35.9 Å². The van der Waals surface area contributed by atoms with E-state index in [1.165, 1.54) is 44.5 Å². The first kappa shape index (κ1) is 15.5. The molecule has 2 rings (SSSR count). The molecule has 1 fully saturated rings. The summed E-state index contributed by atoms with van der Waals surface area (Å²) >= 11 is 0. The summed E-state index contributed by atoms with van der Waals surface area (Å²) in [6.07, 6.45) is 4.33. The smallest absolute Gasteiger partial charge is 0.0355 e. The first-order chi connectivity index (χ1) is 9.74. The molecule has 2 heteroatoms. The Hall–Kier alpha value is -0.860. The Balaban J connectivity index is 1.91. The molecule has 0 aromatic heterocycles. The Morgan fingerprint density at radius 3 is 2.45 bits per heavy atom. The zero-order chi connectivity index (χ0) is 14.4. The van der Waals surface area contributed by atoms with E-state index in [2.05, 4.69) is 61.4 Å². The van der Waals surface area contributed by atoms with Gasteiger partial charge in [0, 0.05) is 19.1 Å². The third kappa shape index (κ3) is 4.07. The molecule has 2 unspecified atom stereocenters. The molecule has 112 valence electrons. The summed E-state index contributed by atoms with van der Waals surface area (Å²) in [6.45, 7) is 8.32. The lowest BCUT2D eigenvalue weighted by molar-refractivity contribution is 0.156. The van der Waals surface area contributed by atoms with Crippen molar-refractivity contribution in [2.24, 2.45) is 11.8 Å². The average molecular weight is 274 g/mol. The van der Waals surface area contributed by atoms with E-state index in [1.807, 2.05) is 0 Å². The summed E-state index contributed by atoms with van der Waals surface area (Å²) < 4.78 is 0. The van der Waals surface area contributed by atoms with Crippen molar-refractivity contribution in [2.45, 2.75) is 39.2 Å². The van der Waals surface area contributed by atoms with Crippen molar-refractivity contribution in [1.82, 2.24) is 10.2 Å². The Morgan fingerprint density at radius 2 is 1.95 bits per heavy atom. The summed E-state index contributed by atoms with van der Waals surface area (Å²) in [7, 11) is 2.08. The molecule has 0 amide bonds. The van der Waals surface area contributed by atoms with Crippen molar-refractivity contribution in [1.29, 1.82) is 0 Å². The van der Waals surface area contributed by atoms with Gasteiger partial charge in [-0.2, -0.15) is 0 Å². The third-order valence-corrected chi connectivity index (χ3v) is 4.77. The van der Waals surface area contributed by atoms with Crippen LogP contribution in [-0.2, 0) is 0 Å². The largest absolute Gasteiger partial charge is 0.313 e. The van der Waals surface area contributed by atoms with Gasteiger partial charge in [-0.15, -0.1) is 0 Å². The first-order valence-corrected chi connectivity index (χ1v) is 8.19. The van der Waals surface area contributed by atoms with E-state index in [1.54, 1.807) is 0 Å². The van der Waals surface area contributed by atoms with Crippen LogP contribution in [0, 0.1) is 11.8 Å². The van der Waals surface area contributed by atoms with E-state index in [9.17, 15) is 0 Å². The van der Waals surface area contributed by atoms with Crippen LogP contribution in [0.1, 0.15) is 44.7 Å². The van der Waals surface area contributed by atoms with Gasteiger partial charge in [0.05, 0.1) is 0 Å². The molecule has 0 aliphatic heterocycles. The quantitative estimate of drug-likeness (QED) is 0.777. The predicted octanol–water partition coefficient (Wildman–Crippen LogP) is 3.71. The zero-order valence-electron chi connectivity index (χ0n) is 13.3. The highest BCUT2D eigenvalue weighted by atomic mass is 15.1. The Bertz CT molecular complexity index is 372. The standard InChI is InChI=1S/C18H30N2/c1-4-20(14-16-9-8-10-16)13-15(2)18(19-3)17-11-6-5-7-12-17/h5-7,11-12,15-16,18-19H,4,8-10,13-14H2,1-3H3. The molecule has 1 aliphatic carbocycles. The molecule has 2 atom stereocenters. The van der Waals surface area contributed by atoms with Gasteiger partial charge in [0.2, 0.25) is 0 Å². The van der Waals surface area contributed by atoms with Gasteiger partial charge in [-0.25, -0.2) is 0 Å². The lowest BCUT2D eigenvalue weighted by atomic mass is 9.84. The Labute approximate surface area is 124 Å². The molecule has 0 bridgehead atoms. The van der Waals surface area contributed by atoms with Gasteiger partial charge in [-0.3, -0.25) is 0 Å². The van der Waals surface area contributed by atoms with Gasteiger partial charge < -0.3 is 10.2 Å². The van der Waals surface area contributed by atoms with Crippen LogP contribution in [0.3, 0.4) is 0 Å². The summed E-state index contributed by atoms with van der Waals surface area (Å²) in [5, 5.41) is 3.50. The fraction of sp³-hybridized carbons (Fsp3) is 0.667. The number of hydrogen-bond acceptors (Lipinski definition) is 2. The van der Waals surface area contributed by atoms with E-state index < -0.39 is 0 Å². The second-order valence-corrected chi connectivity index (χ2v) is 6.30. The third-order valence-electron chi connectivity index (χ3n) is 4.77. The van der Waals surface area contributed by atoms with Crippen LogP contribution in [-0.4, -0.2) is 31.6 Å². The molecule has 1 saturated carbocycles. The maximum atomic E-state index is 3.50. The van der Waals surface area contributed by atoms with Crippen LogP contribution < -0.4 is 5.32 Å². The maximum absolute atomic E-state index is 3.50. The fourth-order valence-corrected chi connectivity index (χ4v) is 3.33. The maximum Gasteiger partial charge on any atom is 0.0355 e. The number of benzene rings is 1. The topological polar surface area (TPSA) is 15.3 Å². The van der Waals surface area contributed by atoms with Crippen LogP contribution in [0.4, 0.5) is 0 Å². The highest BCUT2D eigenvalue weighted by molar-refractivity contribution is 5.19. The van der Waals surface area contributed by atoms with E-state index >= 15 is 0 Å². The second-order valence-electron chi connectivity index (χ2n) is 6.30. The SMILES string of the molecule is CCN(CC1CCC1)CC(C)C(NC)c1ccccc1. The predicted molar refractivity (Wildman–Crippen MR) is 86.9 cm³/mol. The number of nitrogens with zero attached hydrogens (tertiary/aromatic N) is 1. The fourth-order valence-electron chi connectivity index (χ4n) is 3.33. The van der Waals surface area contributed by atoms with Gasteiger partial charge in [-0.05, 0) is 43.8 Å². The minimum atomic E-state index is 0.451.